The lowest BCUT2D eigenvalue weighted by Crippen LogP contribution is -2.34. The van der Waals surface area contributed by atoms with E-state index >= 15 is 0 Å². The monoisotopic (exact) mass is 206 g/mol. The molecule has 2 unspecified atom stereocenters. The number of hydrogen-bond donors (Lipinski definition) is 0. The largest absolute Gasteiger partial charge is 0.490 e. The summed E-state index contributed by atoms with van der Waals surface area (Å²) < 4.78 is 5.70. The van der Waals surface area contributed by atoms with Gasteiger partial charge in [0.05, 0.1) is 6.20 Å². The molecular weight excluding hydrogens is 188 g/mol. The molecule has 1 aliphatic rings. The molecule has 2 heterocycles. The van der Waals surface area contributed by atoms with E-state index in [2.05, 4.69) is 23.9 Å². The topological polar surface area (TPSA) is 25.4 Å². The Kier molecular flexibility index (Phi) is 3.21. The normalized spacial score (nSPS) is 26.8. The van der Waals surface area contributed by atoms with Crippen molar-refractivity contribution < 1.29 is 4.74 Å². The van der Waals surface area contributed by atoms with Gasteiger partial charge in [0.15, 0.2) is 0 Å². The van der Waals surface area contributed by atoms with Crippen molar-refractivity contribution in [3.63, 3.8) is 0 Å². The second-order valence-corrected chi connectivity index (χ2v) is 4.25. The molecule has 1 fully saturated rings. The maximum Gasteiger partial charge on any atom is 0.137 e. The number of pyridine rings is 1. The fourth-order valence-electron chi connectivity index (χ4n) is 2.03. The minimum Gasteiger partial charge on any atom is -0.490 e. The van der Waals surface area contributed by atoms with Crippen molar-refractivity contribution in [2.75, 3.05) is 13.7 Å². The molecule has 1 saturated heterocycles. The van der Waals surface area contributed by atoms with E-state index < -0.39 is 0 Å². The van der Waals surface area contributed by atoms with Gasteiger partial charge in [0.2, 0.25) is 0 Å². The quantitative estimate of drug-likeness (QED) is 0.755. The second kappa shape index (κ2) is 4.62. The van der Waals surface area contributed by atoms with Crippen molar-refractivity contribution in [2.45, 2.75) is 31.8 Å². The summed E-state index contributed by atoms with van der Waals surface area (Å²) >= 11 is 0. The summed E-state index contributed by atoms with van der Waals surface area (Å²) in [5.41, 5.74) is 0. The summed E-state index contributed by atoms with van der Waals surface area (Å²) in [5, 5.41) is 0. The van der Waals surface area contributed by atoms with E-state index in [0.29, 0.717) is 12.1 Å². The molecule has 0 aromatic carbocycles. The van der Waals surface area contributed by atoms with E-state index in [9.17, 15) is 0 Å². The predicted molar refractivity (Wildman–Crippen MR) is 60.0 cm³/mol. The molecular formula is C12H18N2O. The Morgan fingerprint density at radius 3 is 3.00 bits per heavy atom. The highest BCUT2D eigenvalue weighted by atomic mass is 16.5. The predicted octanol–water partition coefficient (Wildman–Crippen LogP) is 1.94. The summed E-state index contributed by atoms with van der Waals surface area (Å²) in [4.78, 5) is 6.42. The van der Waals surface area contributed by atoms with Gasteiger partial charge in [0.25, 0.3) is 0 Å². The second-order valence-electron chi connectivity index (χ2n) is 4.25. The van der Waals surface area contributed by atoms with E-state index in [0.717, 1.165) is 12.4 Å². The van der Waals surface area contributed by atoms with E-state index in [-0.39, 0.29) is 0 Å². The van der Waals surface area contributed by atoms with Gasteiger partial charge in [0.1, 0.15) is 12.4 Å². The number of likely N-dealkylation sites (tertiary alicyclic amines) is 1. The lowest BCUT2D eigenvalue weighted by molar-refractivity contribution is 0.174. The highest BCUT2D eigenvalue weighted by Gasteiger charge is 2.27. The van der Waals surface area contributed by atoms with E-state index in [1.807, 2.05) is 12.1 Å². The summed E-state index contributed by atoms with van der Waals surface area (Å²) in [6.07, 6.45) is 6.03. The number of hydrogen-bond acceptors (Lipinski definition) is 3. The van der Waals surface area contributed by atoms with Crippen LogP contribution in [0, 0.1) is 0 Å². The summed E-state index contributed by atoms with van der Waals surface area (Å²) in [7, 11) is 2.18. The minimum atomic E-state index is 0.556. The fourth-order valence-corrected chi connectivity index (χ4v) is 2.03. The molecule has 0 bridgehead atoms. The Morgan fingerprint density at radius 2 is 2.40 bits per heavy atom. The van der Waals surface area contributed by atoms with Gasteiger partial charge in [-0.05, 0) is 38.9 Å². The molecule has 0 aliphatic carbocycles. The smallest absolute Gasteiger partial charge is 0.137 e. The molecule has 0 N–H and O–H groups in total. The zero-order chi connectivity index (χ0) is 10.7. The number of rotatable bonds is 3. The Bertz CT molecular complexity index is 302. The van der Waals surface area contributed by atoms with Gasteiger partial charge in [-0.15, -0.1) is 0 Å². The molecule has 0 amide bonds. The van der Waals surface area contributed by atoms with E-state index in [1.165, 1.54) is 12.8 Å². The minimum absolute atomic E-state index is 0.556. The van der Waals surface area contributed by atoms with Gasteiger partial charge >= 0.3 is 0 Å². The number of aromatic nitrogens is 1. The van der Waals surface area contributed by atoms with Gasteiger partial charge in [-0.25, -0.2) is 0 Å². The molecule has 2 rings (SSSR count). The first-order valence-electron chi connectivity index (χ1n) is 5.52. The zero-order valence-corrected chi connectivity index (χ0v) is 9.39. The van der Waals surface area contributed by atoms with Crippen molar-refractivity contribution in [3.05, 3.63) is 24.5 Å². The highest BCUT2D eigenvalue weighted by Crippen LogP contribution is 2.22. The third kappa shape index (κ3) is 2.48. The van der Waals surface area contributed by atoms with E-state index in [4.69, 9.17) is 4.74 Å². The molecule has 2 atom stereocenters. The molecule has 3 nitrogen and oxygen atoms in total. The van der Waals surface area contributed by atoms with Gasteiger partial charge in [0, 0.05) is 18.3 Å². The van der Waals surface area contributed by atoms with Crippen LogP contribution in [0.25, 0.3) is 0 Å². The van der Waals surface area contributed by atoms with Crippen molar-refractivity contribution in [2.24, 2.45) is 0 Å². The van der Waals surface area contributed by atoms with Crippen LogP contribution < -0.4 is 4.74 Å². The first-order valence-corrected chi connectivity index (χ1v) is 5.52. The van der Waals surface area contributed by atoms with Crippen molar-refractivity contribution in [1.29, 1.82) is 0 Å². The summed E-state index contributed by atoms with van der Waals surface area (Å²) in [6.45, 7) is 3.04. The highest BCUT2D eigenvalue weighted by molar-refractivity contribution is 5.15. The number of nitrogens with zero attached hydrogens (tertiary/aromatic N) is 2. The van der Waals surface area contributed by atoms with Crippen LogP contribution >= 0.6 is 0 Å². The Labute approximate surface area is 91.1 Å². The third-order valence-electron chi connectivity index (χ3n) is 3.27. The van der Waals surface area contributed by atoms with Crippen LogP contribution in [0.3, 0.4) is 0 Å². The van der Waals surface area contributed by atoms with Crippen LogP contribution in [0.4, 0.5) is 0 Å². The van der Waals surface area contributed by atoms with Crippen molar-refractivity contribution in [3.8, 4) is 5.75 Å². The van der Waals surface area contributed by atoms with Crippen LogP contribution in [-0.2, 0) is 0 Å². The van der Waals surface area contributed by atoms with E-state index in [1.54, 1.807) is 12.4 Å². The molecule has 1 aliphatic heterocycles. The molecule has 15 heavy (non-hydrogen) atoms. The average molecular weight is 206 g/mol. The van der Waals surface area contributed by atoms with Crippen molar-refractivity contribution >= 4 is 0 Å². The molecule has 0 saturated carbocycles. The third-order valence-corrected chi connectivity index (χ3v) is 3.27. The Hall–Kier alpha value is -1.09. The number of ether oxygens (including phenoxy) is 1. The Balaban J connectivity index is 1.84. The van der Waals surface area contributed by atoms with Gasteiger partial charge in [-0.2, -0.15) is 0 Å². The standard InChI is InChI=1S/C12H18N2O/c1-10-5-6-11(14(10)2)9-15-12-4-3-7-13-8-12/h3-4,7-8,10-11H,5-6,9H2,1-2H3. The number of likely N-dealkylation sites (N-methyl/N-ethyl adjacent to an activating group) is 1. The Morgan fingerprint density at radius 1 is 1.53 bits per heavy atom. The maximum atomic E-state index is 5.70. The molecule has 0 spiro atoms. The molecule has 1 aromatic rings. The maximum absolute atomic E-state index is 5.70. The van der Waals surface area contributed by atoms with Crippen LogP contribution in [0.5, 0.6) is 5.75 Å². The van der Waals surface area contributed by atoms with Gasteiger partial charge < -0.3 is 4.74 Å². The first-order chi connectivity index (χ1) is 7.27. The molecule has 82 valence electrons. The lowest BCUT2D eigenvalue weighted by atomic mass is 10.2. The molecule has 3 heteroatoms. The van der Waals surface area contributed by atoms with Crippen LogP contribution in [-0.4, -0.2) is 35.6 Å². The van der Waals surface area contributed by atoms with Crippen molar-refractivity contribution in [1.82, 2.24) is 9.88 Å². The SMILES string of the molecule is CC1CCC(COc2cccnc2)N1C. The molecule has 1 aromatic heterocycles. The van der Waals surface area contributed by atoms with Crippen LogP contribution in [0.1, 0.15) is 19.8 Å². The lowest BCUT2D eigenvalue weighted by Gasteiger charge is -2.23. The summed E-state index contributed by atoms with van der Waals surface area (Å²) in [5.74, 6) is 0.866. The van der Waals surface area contributed by atoms with Crippen LogP contribution in [0.2, 0.25) is 0 Å². The van der Waals surface area contributed by atoms with Crippen LogP contribution in [0.15, 0.2) is 24.5 Å². The van der Waals surface area contributed by atoms with Gasteiger partial charge in [-0.1, -0.05) is 0 Å². The molecule has 0 radical (unpaired) electrons. The zero-order valence-electron chi connectivity index (χ0n) is 9.39. The first kappa shape index (κ1) is 10.4. The van der Waals surface area contributed by atoms with Gasteiger partial charge in [-0.3, -0.25) is 9.88 Å². The fraction of sp³-hybridized carbons (Fsp3) is 0.583. The summed E-state index contributed by atoms with van der Waals surface area (Å²) in [6, 6.07) is 5.09. The average Bonchev–Trinajstić information content (AvgIpc) is 2.59.